The molecule has 0 saturated carbocycles. The van der Waals surface area contributed by atoms with Crippen molar-refractivity contribution in [1.29, 1.82) is 0 Å². The first-order chi connectivity index (χ1) is 13.1. The molecule has 2 aromatic heterocycles. The molecule has 8 heteroatoms. The van der Waals surface area contributed by atoms with Crippen LogP contribution in [0.25, 0.3) is 11.1 Å². The highest BCUT2D eigenvalue weighted by molar-refractivity contribution is 5.80. The van der Waals surface area contributed by atoms with Gasteiger partial charge < -0.3 is 4.90 Å². The largest absolute Gasteiger partial charge is 0.341 e. The van der Waals surface area contributed by atoms with Gasteiger partial charge in [0.25, 0.3) is 0 Å². The van der Waals surface area contributed by atoms with E-state index in [0.29, 0.717) is 13.1 Å². The first-order valence-corrected chi connectivity index (χ1v) is 9.05. The molecule has 1 atom stereocenters. The lowest BCUT2D eigenvalue weighted by molar-refractivity contribution is -0.135. The van der Waals surface area contributed by atoms with Crippen LogP contribution in [0, 0.1) is 5.82 Å². The van der Waals surface area contributed by atoms with Crippen molar-refractivity contribution in [3.05, 3.63) is 54.6 Å². The van der Waals surface area contributed by atoms with E-state index in [2.05, 4.69) is 20.3 Å². The number of nitrogens with one attached hydrogen (secondary N) is 1. The fraction of sp³-hybridized carbons (Fsp3) is 0.368. The Morgan fingerprint density at radius 3 is 2.85 bits per heavy atom. The second kappa shape index (κ2) is 7.30. The molecule has 3 aromatic rings. The summed E-state index contributed by atoms with van der Waals surface area (Å²) >= 11 is 0. The number of benzene rings is 1. The second-order valence-corrected chi connectivity index (χ2v) is 6.86. The van der Waals surface area contributed by atoms with Crippen LogP contribution in [0.15, 0.2) is 43.1 Å². The van der Waals surface area contributed by atoms with Crippen LogP contribution in [0.1, 0.15) is 37.4 Å². The fourth-order valence-electron chi connectivity index (χ4n) is 3.68. The second-order valence-electron chi connectivity index (χ2n) is 6.86. The number of amides is 1. The van der Waals surface area contributed by atoms with Gasteiger partial charge in [0, 0.05) is 30.3 Å². The molecule has 1 aliphatic heterocycles. The van der Waals surface area contributed by atoms with Gasteiger partial charge in [0.05, 0.1) is 6.20 Å². The molecule has 0 bridgehead atoms. The maximum Gasteiger partial charge on any atom is 0.247 e. The van der Waals surface area contributed by atoms with Crippen molar-refractivity contribution in [2.75, 3.05) is 13.1 Å². The molecule has 4 rings (SSSR count). The average Bonchev–Trinajstić information content (AvgIpc) is 3.39. The van der Waals surface area contributed by atoms with Crippen LogP contribution in [-0.4, -0.2) is 48.9 Å². The molecule has 1 amide bonds. The number of H-pyrrole nitrogens is 1. The summed E-state index contributed by atoms with van der Waals surface area (Å²) < 4.78 is 15.2. The summed E-state index contributed by atoms with van der Waals surface area (Å²) in [6.45, 7) is 3.17. The standard InChI is InChI=1S/C19H21FN6O/c1-13(26-12-21-11-23-26)19(27)25-7-5-14(6-8-25)18-17(10-22-24-18)15-3-2-4-16(20)9-15/h2-4,9-14H,5-8H2,1H3,(H,22,24). The third kappa shape index (κ3) is 3.47. The van der Waals surface area contributed by atoms with Gasteiger partial charge in [-0.05, 0) is 37.5 Å². The molecular weight excluding hydrogens is 347 g/mol. The molecule has 1 N–H and O–H groups in total. The van der Waals surface area contributed by atoms with E-state index in [1.807, 2.05) is 17.9 Å². The Labute approximate surface area is 156 Å². The monoisotopic (exact) mass is 368 g/mol. The maximum atomic E-state index is 13.6. The van der Waals surface area contributed by atoms with Crippen molar-refractivity contribution >= 4 is 5.91 Å². The Morgan fingerprint density at radius 2 is 2.15 bits per heavy atom. The van der Waals surface area contributed by atoms with E-state index in [1.54, 1.807) is 23.3 Å². The Morgan fingerprint density at radius 1 is 1.33 bits per heavy atom. The van der Waals surface area contributed by atoms with Gasteiger partial charge in [-0.25, -0.2) is 14.1 Å². The normalized spacial score (nSPS) is 16.4. The van der Waals surface area contributed by atoms with Crippen molar-refractivity contribution in [3.63, 3.8) is 0 Å². The van der Waals surface area contributed by atoms with E-state index in [4.69, 9.17) is 0 Å². The smallest absolute Gasteiger partial charge is 0.247 e. The Hall–Kier alpha value is -3.03. The van der Waals surface area contributed by atoms with E-state index in [1.165, 1.54) is 18.5 Å². The summed E-state index contributed by atoms with van der Waals surface area (Å²) in [6.07, 6.45) is 6.41. The molecule has 1 unspecified atom stereocenters. The van der Waals surface area contributed by atoms with Crippen molar-refractivity contribution < 1.29 is 9.18 Å². The number of likely N-dealkylation sites (tertiary alicyclic amines) is 1. The number of nitrogens with zero attached hydrogens (tertiary/aromatic N) is 5. The first-order valence-electron chi connectivity index (χ1n) is 9.05. The van der Waals surface area contributed by atoms with E-state index in [9.17, 15) is 9.18 Å². The highest BCUT2D eigenvalue weighted by Gasteiger charge is 2.29. The van der Waals surface area contributed by atoms with Gasteiger partial charge in [-0.1, -0.05) is 12.1 Å². The summed E-state index contributed by atoms with van der Waals surface area (Å²) in [7, 11) is 0. The van der Waals surface area contributed by atoms with Gasteiger partial charge in [0.1, 0.15) is 24.5 Å². The molecule has 0 radical (unpaired) electrons. The SMILES string of the molecule is CC(C(=O)N1CCC(c2[nH]ncc2-c2cccc(F)c2)CC1)n1cncn1. The summed E-state index contributed by atoms with van der Waals surface area (Å²) in [5.74, 6) is 0.0487. The summed E-state index contributed by atoms with van der Waals surface area (Å²) in [5.41, 5.74) is 2.75. The summed E-state index contributed by atoms with van der Waals surface area (Å²) in [6, 6.07) is 6.18. The minimum absolute atomic E-state index is 0.0499. The Kier molecular flexibility index (Phi) is 4.70. The van der Waals surface area contributed by atoms with Gasteiger partial charge in [0.2, 0.25) is 5.91 Å². The minimum atomic E-state index is -0.362. The zero-order valence-corrected chi connectivity index (χ0v) is 15.0. The lowest BCUT2D eigenvalue weighted by Crippen LogP contribution is -2.41. The maximum absolute atomic E-state index is 13.6. The third-order valence-corrected chi connectivity index (χ3v) is 5.21. The van der Waals surface area contributed by atoms with Crippen LogP contribution in [0.4, 0.5) is 4.39 Å². The number of carbonyl (C=O) groups is 1. The number of halogens is 1. The van der Waals surface area contributed by atoms with Crippen LogP contribution < -0.4 is 0 Å². The number of carbonyl (C=O) groups excluding carboxylic acids is 1. The lowest BCUT2D eigenvalue weighted by Gasteiger charge is -2.33. The number of rotatable bonds is 4. The van der Waals surface area contributed by atoms with Crippen molar-refractivity contribution in [1.82, 2.24) is 29.9 Å². The lowest BCUT2D eigenvalue weighted by atomic mass is 9.89. The predicted octanol–water partition coefficient (Wildman–Crippen LogP) is 2.77. The molecule has 1 saturated heterocycles. The zero-order chi connectivity index (χ0) is 18.8. The molecule has 1 aromatic carbocycles. The summed E-state index contributed by atoms with van der Waals surface area (Å²) in [4.78, 5) is 18.5. The molecule has 27 heavy (non-hydrogen) atoms. The number of aromatic amines is 1. The number of hydrogen-bond acceptors (Lipinski definition) is 4. The van der Waals surface area contributed by atoms with E-state index in [-0.39, 0.29) is 23.7 Å². The number of aromatic nitrogens is 5. The molecule has 1 aliphatic rings. The molecule has 1 fully saturated rings. The molecule has 0 aliphatic carbocycles. The zero-order valence-electron chi connectivity index (χ0n) is 15.0. The Balaban J connectivity index is 1.45. The molecule has 3 heterocycles. The van der Waals surface area contributed by atoms with Crippen molar-refractivity contribution in [2.24, 2.45) is 0 Å². The molecule has 140 valence electrons. The van der Waals surface area contributed by atoms with E-state index >= 15 is 0 Å². The highest BCUT2D eigenvalue weighted by atomic mass is 19.1. The predicted molar refractivity (Wildman–Crippen MR) is 97.3 cm³/mol. The van der Waals surface area contributed by atoms with Gasteiger partial charge in [-0.15, -0.1) is 0 Å². The average molecular weight is 368 g/mol. The molecular formula is C19H21FN6O. The van der Waals surface area contributed by atoms with Crippen LogP contribution in [-0.2, 0) is 4.79 Å². The van der Waals surface area contributed by atoms with Crippen molar-refractivity contribution in [2.45, 2.75) is 31.7 Å². The van der Waals surface area contributed by atoms with Gasteiger partial charge >= 0.3 is 0 Å². The van der Waals surface area contributed by atoms with Crippen LogP contribution >= 0.6 is 0 Å². The van der Waals surface area contributed by atoms with Crippen LogP contribution in [0.5, 0.6) is 0 Å². The quantitative estimate of drug-likeness (QED) is 0.768. The van der Waals surface area contributed by atoms with Crippen LogP contribution in [0.3, 0.4) is 0 Å². The number of hydrogen-bond donors (Lipinski definition) is 1. The number of piperidine rings is 1. The van der Waals surface area contributed by atoms with Crippen LogP contribution in [0.2, 0.25) is 0 Å². The fourth-order valence-corrected chi connectivity index (χ4v) is 3.68. The summed E-state index contributed by atoms with van der Waals surface area (Å²) in [5, 5.41) is 11.3. The third-order valence-electron chi connectivity index (χ3n) is 5.21. The topological polar surface area (TPSA) is 79.7 Å². The Bertz CT molecular complexity index is 914. The minimum Gasteiger partial charge on any atom is -0.341 e. The highest BCUT2D eigenvalue weighted by Crippen LogP contribution is 2.34. The van der Waals surface area contributed by atoms with Gasteiger partial charge in [-0.2, -0.15) is 10.2 Å². The van der Waals surface area contributed by atoms with E-state index < -0.39 is 0 Å². The molecule has 0 spiro atoms. The van der Waals surface area contributed by atoms with Gasteiger partial charge in [0.15, 0.2) is 0 Å². The van der Waals surface area contributed by atoms with Gasteiger partial charge in [-0.3, -0.25) is 9.89 Å². The first kappa shape index (κ1) is 17.4. The van der Waals surface area contributed by atoms with Crippen molar-refractivity contribution in [3.8, 4) is 11.1 Å². The van der Waals surface area contributed by atoms with E-state index in [0.717, 1.165) is 29.7 Å². The molecule has 7 nitrogen and oxygen atoms in total.